The lowest BCUT2D eigenvalue weighted by molar-refractivity contribution is -0.150. The SMILES string of the molecule is O=C(CC(F)(F)F)Nc1ccc(-c2n[nH]c3c2Cc2ccccc2-3)cc1. The van der Waals surface area contributed by atoms with Gasteiger partial charge >= 0.3 is 6.18 Å². The second-order valence-electron chi connectivity index (χ2n) is 6.18. The summed E-state index contributed by atoms with van der Waals surface area (Å²) in [7, 11) is 0. The highest BCUT2D eigenvalue weighted by Crippen LogP contribution is 2.39. The molecule has 0 saturated heterocycles. The van der Waals surface area contributed by atoms with Crippen molar-refractivity contribution in [3.05, 3.63) is 59.7 Å². The Bertz CT molecular complexity index is 974. The van der Waals surface area contributed by atoms with Gasteiger partial charge in [0.15, 0.2) is 0 Å². The van der Waals surface area contributed by atoms with Crippen molar-refractivity contribution in [1.29, 1.82) is 0 Å². The first kappa shape index (κ1) is 16.4. The number of H-pyrrole nitrogens is 1. The van der Waals surface area contributed by atoms with Crippen LogP contribution in [0.1, 0.15) is 17.5 Å². The standard InChI is InChI=1S/C19H14F3N3O/c20-19(21,22)10-16(26)23-13-7-5-11(6-8-13)17-15-9-12-3-1-2-4-14(12)18(15)25-24-17/h1-8H,9-10H2,(H,23,26)(H,24,25). The fourth-order valence-electron chi connectivity index (χ4n) is 3.21. The molecule has 1 aliphatic carbocycles. The maximum Gasteiger partial charge on any atom is 0.397 e. The molecule has 7 heteroatoms. The van der Waals surface area contributed by atoms with Gasteiger partial charge in [-0.2, -0.15) is 18.3 Å². The molecule has 0 radical (unpaired) electrons. The first-order valence-electron chi connectivity index (χ1n) is 8.03. The van der Waals surface area contributed by atoms with Gasteiger partial charge in [0.05, 0.1) is 11.4 Å². The molecule has 26 heavy (non-hydrogen) atoms. The fraction of sp³-hybridized carbons (Fsp3) is 0.158. The van der Waals surface area contributed by atoms with E-state index in [2.05, 4.69) is 21.6 Å². The van der Waals surface area contributed by atoms with Gasteiger partial charge in [0.2, 0.25) is 5.91 Å². The topological polar surface area (TPSA) is 57.8 Å². The number of aromatic amines is 1. The van der Waals surface area contributed by atoms with Crippen LogP contribution in [-0.4, -0.2) is 22.3 Å². The summed E-state index contributed by atoms with van der Waals surface area (Å²) in [6.07, 6.45) is -5.24. The van der Waals surface area contributed by atoms with Gasteiger partial charge in [0, 0.05) is 28.8 Å². The van der Waals surface area contributed by atoms with E-state index >= 15 is 0 Å². The minimum atomic E-state index is -4.52. The third-order valence-corrected chi connectivity index (χ3v) is 4.32. The summed E-state index contributed by atoms with van der Waals surface area (Å²) in [4.78, 5) is 11.4. The smallest absolute Gasteiger partial charge is 0.326 e. The summed E-state index contributed by atoms with van der Waals surface area (Å²) in [5.74, 6) is -1.08. The molecule has 0 aliphatic heterocycles. The number of fused-ring (bicyclic) bond motifs is 3. The van der Waals surface area contributed by atoms with Crippen LogP contribution in [0.25, 0.3) is 22.5 Å². The molecular weight excluding hydrogens is 343 g/mol. The summed E-state index contributed by atoms with van der Waals surface area (Å²) < 4.78 is 36.7. The molecule has 132 valence electrons. The number of nitrogens with one attached hydrogen (secondary N) is 2. The van der Waals surface area contributed by atoms with Crippen molar-refractivity contribution in [2.24, 2.45) is 0 Å². The molecule has 0 atom stereocenters. The lowest BCUT2D eigenvalue weighted by Gasteiger charge is -2.08. The Kier molecular flexibility index (Phi) is 3.79. The zero-order valence-electron chi connectivity index (χ0n) is 13.5. The Balaban J connectivity index is 1.54. The van der Waals surface area contributed by atoms with Gasteiger partial charge in [-0.25, -0.2) is 0 Å². The zero-order chi connectivity index (χ0) is 18.3. The quantitative estimate of drug-likeness (QED) is 0.566. The largest absolute Gasteiger partial charge is 0.397 e. The Hall–Kier alpha value is -3.09. The van der Waals surface area contributed by atoms with E-state index in [1.54, 1.807) is 24.3 Å². The van der Waals surface area contributed by atoms with Crippen LogP contribution >= 0.6 is 0 Å². The van der Waals surface area contributed by atoms with E-state index in [-0.39, 0.29) is 0 Å². The van der Waals surface area contributed by atoms with Crippen molar-refractivity contribution in [2.75, 3.05) is 5.32 Å². The predicted molar refractivity (Wildman–Crippen MR) is 91.6 cm³/mol. The number of hydrogen-bond acceptors (Lipinski definition) is 2. The van der Waals surface area contributed by atoms with Crippen molar-refractivity contribution < 1.29 is 18.0 Å². The maximum absolute atomic E-state index is 12.2. The van der Waals surface area contributed by atoms with Crippen LogP contribution in [0.4, 0.5) is 18.9 Å². The van der Waals surface area contributed by atoms with Crippen LogP contribution in [-0.2, 0) is 11.2 Å². The van der Waals surface area contributed by atoms with Gasteiger partial charge < -0.3 is 5.32 Å². The molecule has 4 nitrogen and oxygen atoms in total. The Morgan fingerprint density at radius 2 is 1.85 bits per heavy atom. The Morgan fingerprint density at radius 1 is 1.12 bits per heavy atom. The van der Waals surface area contributed by atoms with Crippen LogP contribution in [0.3, 0.4) is 0 Å². The van der Waals surface area contributed by atoms with Crippen LogP contribution < -0.4 is 5.32 Å². The molecule has 2 aromatic carbocycles. The number of halogens is 3. The summed E-state index contributed by atoms with van der Waals surface area (Å²) in [6, 6.07) is 14.7. The van der Waals surface area contributed by atoms with E-state index in [4.69, 9.17) is 0 Å². The number of amides is 1. The van der Waals surface area contributed by atoms with Gasteiger partial charge in [-0.05, 0) is 17.7 Å². The van der Waals surface area contributed by atoms with Crippen molar-refractivity contribution in [2.45, 2.75) is 19.0 Å². The van der Waals surface area contributed by atoms with Gasteiger partial charge in [-0.15, -0.1) is 0 Å². The van der Waals surface area contributed by atoms with Crippen molar-refractivity contribution >= 4 is 11.6 Å². The fourth-order valence-corrected chi connectivity index (χ4v) is 3.21. The van der Waals surface area contributed by atoms with Crippen molar-refractivity contribution in [3.8, 4) is 22.5 Å². The zero-order valence-corrected chi connectivity index (χ0v) is 13.5. The molecule has 3 aromatic rings. The first-order chi connectivity index (χ1) is 12.4. The summed E-state index contributed by atoms with van der Waals surface area (Å²) in [5, 5.41) is 9.70. The number of aromatic nitrogens is 2. The highest BCUT2D eigenvalue weighted by Gasteiger charge is 2.31. The number of carbonyl (C=O) groups excluding carboxylic acids is 1. The number of nitrogens with zero attached hydrogens (tertiary/aromatic N) is 1. The number of alkyl halides is 3. The second-order valence-corrected chi connectivity index (χ2v) is 6.18. The molecule has 0 spiro atoms. The predicted octanol–water partition coefficient (Wildman–Crippen LogP) is 4.54. The summed E-state index contributed by atoms with van der Waals surface area (Å²) in [5.41, 5.74) is 6.43. The highest BCUT2D eigenvalue weighted by atomic mass is 19.4. The van der Waals surface area contributed by atoms with Gasteiger partial charge in [0.25, 0.3) is 0 Å². The van der Waals surface area contributed by atoms with Gasteiger partial charge in [0.1, 0.15) is 6.42 Å². The molecule has 0 saturated carbocycles. The average molecular weight is 357 g/mol. The monoisotopic (exact) mass is 357 g/mol. The van der Waals surface area contributed by atoms with Crippen molar-refractivity contribution in [3.63, 3.8) is 0 Å². The molecule has 1 aliphatic rings. The molecule has 1 heterocycles. The minimum absolute atomic E-state index is 0.318. The Morgan fingerprint density at radius 3 is 2.58 bits per heavy atom. The van der Waals surface area contributed by atoms with E-state index in [1.165, 1.54) is 5.56 Å². The van der Waals surface area contributed by atoms with E-state index < -0.39 is 18.5 Å². The number of carbonyl (C=O) groups is 1. The van der Waals surface area contributed by atoms with Gasteiger partial charge in [-0.1, -0.05) is 36.4 Å². The van der Waals surface area contributed by atoms with E-state index in [0.717, 1.165) is 34.5 Å². The second kappa shape index (κ2) is 6.01. The first-order valence-corrected chi connectivity index (χ1v) is 8.03. The van der Waals surface area contributed by atoms with Gasteiger partial charge in [-0.3, -0.25) is 9.89 Å². The number of rotatable bonds is 3. The number of benzene rings is 2. The van der Waals surface area contributed by atoms with E-state index in [9.17, 15) is 18.0 Å². The molecular formula is C19H14F3N3O. The summed E-state index contributed by atoms with van der Waals surface area (Å²) in [6.45, 7) is 0. The average Bonchev–Trinajstić information content (AvgIpc) is 3.13. The molecule has 2 N–H and O–H groups in total. The molecule has 4 rings (SSSR count). The number of anilines is 1. The highest BCUT2D eigenvalue weighted by molar-refractivity contribution is 5.91. The third-order valence-electron chi connectivity index (χ3n) is 4.32. The van der Waals surface area contributed by atoms with E-state index in [1.807, 2.05) is 18.2 Å². The lowest BCUT2D eigenvalue weighted by atomic mass is 10.1. The van der Waals surface area contributed by atoms with Crippen LogP contribution in [0.2, 0.25) is 0 Å². The Labute approximate surface area is 147 Å². The van der Waals surface area contributed by atoms with Crippen LogP contribution in [0.15, 0.2) is 48.5 Å². The summed E-state index contributed by atoms with van der Waals surface area (Å²) >= 11 is 0. The molecule has 0 fully saturated rings. The third kappa shape index (κ3) is 3.08. The normalized spacial score (nSPS) is 12.6. The number of hydrogen-bond donors (Lipinski definition) is 2. The van der Waals surface area contributed by atoms with Crippen molar-refractivity contribution in [1.82, 2.24) is 10.2 Å². The van der Waals surface area contributed by atoms with Crippen LogP contribution in [0, 0.1) is 0 Å². The molecule has 1 amide bonds. The molecule has 1 aromatic heterocycles. The molecule has 0 unspecified atom stereocenters. The molecule has 0 bridgehead atoms. The van der Waals surface area contributed by atoms with Crippen LogP contribution in [0.5, 0.6) is 0 Å². The van der Waals surface area contributed by atoms with E-state index in [0.29, 0.717) is 5.69 Å². The maximum atomic E-state index is 12.2. The minimum Gasteiger partial charge on any atom is -0.326 e. The lowest BCUT2D eigenvalue weighted by Crippen LogP contribution is -2.21.